The van der Waals surface area contributed by atoms with Crippen LogP contribution in [-0.4, -0.2) is 34.3 Å². The van der Waals surface area contributed by atoms with E-state index in [1.807, 2.05) is 22.6 Å². The Bertz CT molecular complexity index is 551. The van der Waals surface area contributed by atoms with Crippen molar-refractivity contribution in [3.8, 4) is 0 Å². The fraction of sp³-hybridized carbons (Fsp3) is 0.583. The molecule has 1 N–H and O–H groups in total. The monoisotopic (exact) mass is 375 g/mol. The maximum absolute atomic E-state index is 12.2. The van der Waals surface area contributed by atoms with Gasteiger partial charge in [0.15, 0.2) is 0 Å². The van der Waals surface area contributed by atoms with Crippen molar-refractivity contribution in [3.05, 3.63) is 15.0 Å². The number of hydrogen-bond donors (Lipinski definition) is 1. The zero-order valence-electron chi connectivity index (χ0n) is 10.5. The number of ether oxygens (including phenoxy) is 1. The Morgan fingerprint density at radius 3 is 2.95 bits per heavy atom. The van der Waals surface area contributed by atoms with Gasteiger partial charge < -0.3 is 10.1 Å². The number of hydrogen-bond acceptors (Lipinski definition) is 4. The molecule has 2 aliphatic rings. The second-order valence-electron chi connectivity index (χ2n) is 4.83. The normalized spacial score (nSPS) is 21.8. The van der Waals surface area contributed by atoms with Crippen molar-refractivity contribution in [3.63, 3.8) is 0 Å². The molecule has 1 saturated carbocycles. The van der Waals surface area contributed by atoms with Crippen LogP contribution in [0.2, 0.25) is 0 Å². The van der Waals surface area contributed by atoms with Crippen molar-refractivity contribution >= 4 is 34.5 Å². The van der Waals surface area contributed by atoms with Crippen LogP contribution in [0, 0.1) is 9.62 Å². The van der Waals surface area contributed by atoms with E-state index in [1.54, 1.807) is 11.6 Å². The molecule has 6 nitrogen and oxygen atoms in total. The number of rotatable bonds is 3. The van der Waals surface area contributed by atoms with Gasteiger partial charge in [-0.25, -0.2) is 4.79 Å². The number of esters is 1. The van der Waals surface area contributed by atoms with Gasteiger partial charge in [0.05, 0.1) is 19.2 Å². The van der Waals surface area contributed by atoms with Crippen LogP contribution in [0.3, 0.4) is 0 Å². The fourth-order valence-corrected chi connectivity index (χ4v) is 3.15. The molecule has 1 unspecified atom stereocenters. The van der Waals surface area contributed by atoms with E-state index in [0.29, 0.717) is 21.9 Å². The summed E-state index contributed by atoms with van der Waals surface area (Å²) in [6.07, 6.45) is 2.31. The third-order valence-electron chi connectivity index (χ3n) is 3.48. The largest absolute Gasteiger partial charge is 0.462 e. The number of carbonyl (C=O) groups is 2. The third kappa shape index (κ3) is 2.24. The van der Waals surface area contributed by atoms with E-state index in [4.69, 9.17) is 4.74 Å². The molecule has 1 atom stereocenters. The highest BCUT2D eigenvalue weighted by molar-refractivity contribution is 14.1. The van der Waals surface area contributed by atoms with E-state index in [0.717, 1.165) is 12.8 Å². The number of nitrogens with one attached hydrogen (secondary N) is 1. The van der Waals surface area contributed by atoms with E-state index < -0.39 is 5.97 Å². The van der Waals surface area contributed by atoms with Crippen molar-refractivity contribution in [2.45, 2.75) is 32.4 Å². The van der Waals surface area contributed by atoms with Crippen molar-refractivity contribution in [2.75, 3.05) is 6.61 Å². The Morgan fingerprint density at radius 2 is 2.32 bits per heavy atom. The summed E-state index contributed by atoms with van der Waals surface area (Å²) in [6.45, 7) is 2.66. The SMILES string of the molecule is CCOC(=O)c1c(I)nn2c1C(=O)NC(C1CC1)C2. The second-order valence-corrected chi connectivity index (χ2v) is 5.86. The zero-order valence-corrected chi connectivity index (χ0v) is 12.6. The van der Waals surface area contributed by atoms with Gasteiger partial charge in [-0.2, -0.15) is 5.10 Å². The molecule has 3 rings (SSSR count). The average Bonchev–Trinajstić information content (AvgIpc) is 3.12. The van der Waals surface area contributed by atoms with Crippen molar-refractivity contribution in [2.24, 2.45) is 5.92 Å². The van der Waals surface area contributed by atoms with Crippen LogP contribution in [0.15, 0.2) is 0 Å². The van der Waals surface area contributed by atoms with Crippen LogP contribution in [-0.2, 0) is 11.3 Å². The highest BCUT2D eigenvalue weighted by Gasteiger charge is 2.39. The average molecular weight is 375 g/mol. The van der Waals surface area contributed by atoms with Gasteiger partial charge in [-0.3, -0.25) is 9.48 Å². The molecule has 1 aromatic heterocycles. The van der Waals surface area contributed by atoms with E-state index in [1.165, 1.54) is 0 Å². The molecule has 7 heteroatoms. The molecule has 0 spiro atoms. The maximum atomic E-state index is 12.2. The molecular formula is C12H14IN3O3. The quantitative estimate of drug-likeness (QED) is 0.636. The first kappa shape index (κ1) is 12.9. The molecule has 102 valence electrons. The lowest BCUT2D eigenvalue weighted by atomic mass is 10.1. The molecule has 1 fully saturated rings. The van der Waals surface area contributed by atoms with Crippen LogP contribution in [0.5, 0.6) is 0 Å². The van der Waals surface area contributed by atoms with Gasteiger partial charge in [0.1, 0.15) is 15.0 Å². The molecule has 0 saturated heterocycles. The smallest absolute Gasteiger partial charge is 0.343 e. The van der Waals surface area contributed by atoms with Crippen LogP contribution < -0.4 is 5.32 Å². The van der Waals surface area contributed by atoms with Crippen molar-refractivity contribution in [1.82, 2.24) is 15.1 Å². The Labute approximate surface area is 124 Å². The molecule has 1 aromatic rings. The lowest BCUT2D eigenvalue weighted by molar-refractivity contribution is 0.0519. The summed E-state index contributed by atoms with van der Waals surface area (Å²) in [6, 6.07) is 0.144. The van der Waals surface area contributed by atoms with Gasteiger partial charge in [0.25, 0.3) is 5.91 Å². The van der Waals surface area contributed by atoms with Crippen LogP contribution in [0.4, 0.5) is 0 Å². The van der Waals surface area contributed by atoms with Gasteiger partial charge in [0, 0.05) is 0 Å². The minimum atomic E-state index is -0.479. The summed E-state index contributed by atoms with van der Waals surface area (Å²) >= 11 is 1.97. The third-order valence-corrected chi connectivity index (χ3v) is 4.24. The number of carbonyl (C=O) groups excluding carboxylic acids is 2. The van der Waals surface area contributed by atoms with Crippen LogP contribution in [0.25, 0.3) is 0 Å². The standard InChI is InChI=1S/C12H14IN3O3/c1-2-19-12(18)8-9-11(17)14-7(6-3-4-6)5-16(9)15-10(8)13/h6-7H,2-5H2,1H3,(H,14,17). The van der Waals surface area contributed by atoms with E-state index in [-0.39, 0.29) is 24.1 Å². The number of halogens is 1. The minimum absolute atomic E-state index is 0.144. The topological polar surface area (TPSA) is 73.2 Å². The molecular weight excluding hydrogens is 361 g/mol. The van der Waals surface area contributed by atoms with Gasteiger partial charge in [-0.15, -0.1) is 0 Å². The van der Waals surface area contributed by atoms with Gasteiger partial charge in [-0.05, 0) is 48.3 Å². The highest BCUT2D eigenvalue weighted by Crippen LogP contribution is 2.35. The number of amides is 1. The predicted molar refractivity (Wildman–Crippen MR) is 74.9 cm³/mol. The first-order valence-corrected chi connectivity index (χ1v) is 7.44. The molecule has 1 aliphatic heterocycles. The summed E-state index contributed by atoms with van der Waals surface area (Å²) in [5.74, 6) is -0.139. The van der Waals surface area contributed by atoms with Crippen molar-refractivity contribution in [1.29, 1.82) is 0 Å². The summed E-state index contributed by atoms with van der Waals surface area (Å²) in [5.41, 5.74) is 0.619. The Morgan fingerprint density at radius 1 is 1.58 bits per heavy atom. The minimum Gasteiger partial charge on any atom is -0.462 e. The number of nitrogens with zero attached hydrogens (tertiary/aromatic N) is 2. The highest BCUT2D eigenvalue weighted by atomic mass is 127. The van der Waals surface area contributed by atoms with Crippen LogP contribution in [0.1, 0.15) is 40.6 Å². The predicted octanol–water partition coefficient (Wildman–Crippen LogP) is 1.19. The first-order chi connectivity index (χ1) is 9.11. The van der Waals surface area contributed by atoms with Crippen molar-refractivity contribution < 1.29 is 14.3 Å². The number of aromatic nitrogens is 2. The second kappa shape index (κ2) is 4.77. The molecule has 19 heavy (non-hydrogen) atoms. The molecule has 1 amide bonds. The molecule has 0 radical (unpaired) electrons. The summed E-state index contributed by atoms with van der Waals surface area (Å²) in [7, 11) is 0. The summed E-state index contributed by atoms with van der Waals surface area (Å²) < 4.78 is 7.17. The number of fused-ring (bicyclic) bond motifs is 1. The summed E-state index contributed by atoms with van der Waals surface area (Å²) in [4.78, 5) is 24.1. The Balaban J connectivity index is 1.96. The molecule has 2 heterocycles. The van der Waals surface area contributed by atoms with Gasteiger partial charge in [-0.1, -0.05) is 0 Å². The fourth-order valence-electron chi connectivity index (χ4n) is 2.41. The van der Waals surface area contributed by atoms with E-state index in [9.17, 15) is 9.59 Å². The Hall–Kier alpha value is -1.12. The van der Waals surface area contributed by atoms with E-state index >= 15 is 0 Å². The lowest BCUT2D eigenvalue weighted by Crippen LogP contribution is -2.46. The van der Waals surface area contributed by atoms with E-state index in [2.05, 4.69) is 10.4 Å². The Kier molecular flexibility index (Phi) is 3.23. The first-order valence-electron chi connectivity index (χ1n) is 6.36. The lowest BCUT2D eigenvalue weighted by Gasteiger charge is -2.24. The van der Waals surface area contributed by atoms with Crippen LogP contribution >= 0.6 is 22.6 Å². The maximum Gasteiger partial charge on any atom is 0.343 e. The van der Waals surface area contributed by atoms with Gasteiger partial charge >= 0.3 is 5.97 Å². The summed E-state index contributed by atoms with van der Waals surface area (Å²) in [5, 5.41) is 7.28. The molecule has 1 aliphatic carbocycles. The molecule has 0 aromatic carbocycles. The molecule has 0 bridgehead atoms. The van der Waals surface area contributed by atoms with Gasteiger partial charge in [0.2, 0.25) is 0 Å². The zero-order chi connectivity index (χ0) is 13.6.